The molecular formula is C14H22N2O2S. The second-order valence-electron chi connectivity index (χ2n) is 4.61. The van der Waals surface area contributed by atoms with Crippen LogP contribution in [0.3, 0.4) is 0 Å². The smallest absolute Gasteiger partial charge is 0.173 e. The maximum Gasteiger partial charge on any atom is 0.173 e. The number of hydrogen-bond donors (Lipinski definition) is 3. The van der Waals surface area contributed by atoms with Crippen LogP contribution in [0.1, 0.15) is 25.3 Å². The highest BCUT2D eigenvalue weighted by Crippen LogP contribution is 2.23. The van der Waals surface area contributed by atoms with Crippen LogP contribution in [0.5, 0.6) is 0 Å². The zero-order chi connectivity index (χ0) is 14.3. The Morgan fingerprint density at radius 3 is 2.32 bits per heavy atom. The van der Waals surface area contributed by atoms with E-state index in [1.807, 2.05) is 18.2 Å². The fourth-order valence-electron chi connectivity index (χ4n) is 1.86. The summed E-state index contributed by atoms with van der Waals surface area (Å²) >= 11 is 5.33. The van der Waals surface area contributed by atoms with E-state index in [0.29, 0.717) is 24.1 Å². The number of nitrogens with one attached hydrogen (secondary N) is 1. The summed E-state index contributed by atoms with van der Waals surface area (Å²) in [6.07, 6.45) is 0. The highest BCUT2D eigenvalue weighted by Gasteiger charge is 2.11. The number of hydrogen-bond acceptors (Lipinski definition) is 3. The van der Waals surface area contributed by atoms with Crippen molar-refractivity contribution < 1.29 is 10.2 Å². The normalized spacial score (nSPS) is 10.6. The van der Waals surface area contributed by atoms with Crippen molar-refractivity contribution in [3.05, 3.63) is 29.8 Å². The van der Waals surface area contributed by atoms with E-state index in [0.717, 1.165) is 5.69 Å². The first kappa shape index (κ1) is 15.9. The molecule has 1 aromatic rings. The Morgan fingerprint density at radius 2 is 1.79 bits per heavy atom. The second kappa shape index (κ2) is 8.09. The molecule has 0 saturated carbocycles. The maximum absolute atomic E-state index is 9.01. The van der Waals surface area contributed by atoms with Gasteiger partial charge in [-0.05, 0) is 29.8 Å². The van der Waals surface area contributed by atoms with Gasteiger partial charge in [-0.25, -0.2) is 0 Å². The lowest BCUT2D eigenvalue weighted by molar-refractivity contribution is 0.214. The van der Waals surface area contributed by atoms with E-state index >= 15 is 0 Å². The molecular weight excluding hydrogens is 260 g/mol. The molecule has 0 aliphatic rings. The quantitative estimate of drug-likeness (QED) is 0.695. The van der Waals surface area contributed by atoms with Crippen molar-refractivity contribution >= 4 is 23.0 Å². The van der Waals surface area contributed by atoms with Crippen LogP contribution in [0, 0.1) is 0 Å². The van der Waals surface area contributed by atoms with Gasteiger partial charge in [0, 0.05) is 18.8 Å². The number of anilines is 1. The third-order valence-electron chi connectivity index (χ3n) is 2.85. The summed E-state index contributed by atoms with van der Waals surface area (Å²) in [6.45, 7) is 5.10. The molecule has 0 unspecified atom stereocenters. The van der Waals surface area contributed by atoms with Gasteiger partial charge in [-0.3, -0.25) is 0 Å². The minimum atomic E-state index is 0.00759. The van der Waals surface area contributed by atoms with E-state index in [1.54, 1.807) is 4.90 Å². The molecule has 0 fully saturated rings. The first-order chi connectivity index (χ1) is 9.10. The SMILES string of the molecule is CC(C)c1ccccc1NC(=S)N(CCO)CCO. The molecule has 106 valence electrons. The van der Waals surface area contributed by atoms with Crippen LogP contribution >= 0.6 is 12.2 Å². The standard InChI is InChI=1S/C14H22N2O2S/c1-11(2)12-5-3-4-6-13(12)15-14(19)16(7-9-17)8-10-18/h3-6,11,17-18H,7-10H2,1-2H3,(H,15,19). The lowest BCUT2D eigenvalue weighted by Crippen LogP contribution is -2.38. The summed E-state index contributed by atoms with van der Waals surface area (Å²) in [5.41, 5.74) is 2.17. The van der Waals surface area contributed by atoms with Gasteiger partial charge in [0.25, 0.3) is 0 Å². The molecule has 0 aromatic heterocycles. The van der Waals surface area contributed by atoms with Crippen LogP contribution in [0.25, 0.3) is 0 Å². The first-order valence-corrected chi connectivity index (χ1v) is 6.87. The number of aliphatic hydroxyl groups excluding tert-OH is 2. The monoisotopic (exact) mass is 282 g/mol. The van der Waals surface area contributed by atoms with Crippen molar-refractivity contribution in [2.24, 2.45) is 0 Å². The number of para-hydroxylation sites is 1. The summed E-state index contributed by atoms with van der Waals surface area (Å²) in [7, 11) is 0. The fourth-order valence-corrected chi connectivity index (χ4v) is 2.16. The van der Waals surface area contributed by atoms with Crippen LogP contribution in [0.4, 0.5) is 5.69 Å². The molecule has 0 bridgehead atoms. The molecule has 0 aliphatic heterocycles. The van der Waals surface area contributed by atoms with Crippen molar-refractivity contribution in [3.63, 3.8) is 0 Å². The number of aliphatic hydroxyl groups is 2. The molecule has 0 atom stereocenters. The van der Waals surface area contributed by atoms with Crippen molar-refractivity contribution in [3.8, 4) is 0 Å². The highest BCUT2D eigenvalue weighted by atomic mass is 32.1. The number of thiocarbonyl (C=S) groups is 1. The summed E-state index contributed by atoms with van der Waals surface area (Å²) in [4.78, 5) is 1.76. The Labute approximate surface area is 120 Å². The van der Waals surface area contributed by atoms with Gasteiger partial charge in [0.2, 0.25) is 0 Å². The molecule has 0 saturated heterocycles. The molecule has 0 heterocycles. The minimum absolute atomic E-state index is 0.00759. The molecule has 3 N–H and O–H groups in total. The van der Waals surface area contributed by atoms with Crippen LogP contribution in [-0.2, 0) is 0 Å². The minimum Gasteiger partial charge on any atom is -0.395 e. The van der Waals surface area contributed by atoms with E-state index in [-0.39, 0.29) is 13.2 Å². The van der Waals surface area contributed by atoms with Gasteiger partial charge >= 0.3 is 0 Å². The zero-order valence-corrected chi connectivity index (χ0v) is 12.3. The largest absolute Gasteiger partial charge is 0.395 e. The molecule has 0 aliphatic carbocycles. The van der Waals surface area contributed by atoms with Gasteiger partial charge in [0.15, 0.2) is 5.11 Å². The lowest BCUT2D eigenvalue weighted by Gasteiger charge is -2.25. The number of benzene rings is 1. The van der Waals surface area contributed by atoms with Crippen LogP contribution in [0.2, 0.25) is 0 Å². The van der Waals surface area contributed by atoms with E-state index in [2.05, 4.69) is 25.2 Å². The van der Waals surface area contributed by atoms with Gasteiger partial charge in [-0.2, -0.15) is 0 Å². The van der Waals surface area contributed by atoms with Gasteiger partial charge in [-0.15, -0.1) is 0 Å². The maximum atomic E-state index is 9.01. The summed E-state index contributed by atoms with van der Waals surface area (Å²) < 4.78 is 0. The molecule has 1 aromatic carbocycles. The zero-order valence-electron chi connectivity index (χ0n) is 11.5. The molecule has 5 heteroatoms. The van der Waals surface area contributed by atoms with E-state index in [9.17, 15) is 0 Å². The topological polar surface area (TPSA) is 55.7 Å². The second-order valence-corrected chi connectivity index (χ2v) is 4.99. The molecule has 0 spiro atoms. The third kappa shape index (κ3) is 4.78. The van der Waals surface area contributed by atoms with Gasteiger partial charge < -0.3 is 20.4 Å². The van der Waals surface area contributed by atoms with Crippen molar-refractivity contribution in [1.29, 1.82) is 0 Å². The Bertz CT molecular complexity index is 404. The average molecular weight is 282 g/mol. The van der Waals surface area contributed by atoms with Crippen molar-refractivity contribution in [2.75, 3.05) is 31.6 Å². The predicted octanol–water partition coefficient (Wildman–Crippen LogP) is 1.79. The van der Waals surface area contributed by atoms with E-state index < -0.39 is 0 Å². The molecule has 19 heavy (non-hydrogen) atoms. The Balaban J connectivity index is 2.80. The predicted molar refractivity (Wildman–Crippen MR) is 82.5 cm³/mol. The van der Waals surface area contributed by atoms with E-state index in [1.165, 1.54) is 5.56 Å². The molecule has 4 nitrogen and oxygen atoms in total. The average Bonchev–Trinajstić information content (AvgIpc) is 2.38. The molecule has 0 amide bonds. The van der Waals surface area contributed by atoms with Crippen molar-refractivity contribution in [1.82, 2.24) is 4.90 Å². The van der Waals surface area contributed by atoms with Crippen LogP contribution in [-0.4, -0.2) is 46.5 Å². The summed E-state index contributed by atoms with van der Waals surface area (Å²) in [5, 5.41) is 21.7. The third-order valence-corrected chi connectivity index (χ3v) is 3.21. The summed E-state index contributed by atoms with van der Waals surface area (Å²) in [5.74, 6) is 0.399. The highest BCUT2D eigenvalue weighted by molar-refractivity contribution is 7.80. The fraction of sp³-hybridized carbons (Fsp3) is 0.500. The van der Waals surface area contributed by atoms with Gasteiger partial charge in [0.1, 0.15) is 0 Å². The Morgan fingerprint density at radius 1 is 1.21 bits per heavy atom. The van der Waals surface area contributed by atoms with Gasteiger partial charge in [-0.1, -0.05) is 32.0 Å². The molecule has 1 rings (SSSR count). The van der Waals surface area contributed by atoms with Gasteiger partial charge in [0.05, 0.1) is 13.2 Å². The Hall–Kier alpha value is -1.17. The summed E-state index contributed by atoms with van der Waals surface area (Å²) in [6, 6.07) is 8.01. The van der Waals surface area contributed by atoms with Crippen LogP contribution < -0.4 is 5.32 Å². The van der Waals surface area contributed by atoms with E-state index in [4.69, 9.17) is 22.4 Å². The van der Waals surface area contributed by atoms with Crippen LogP contribution in [0.15, 0.2) is 24.3 Å². The first-order valence-electron chi connectivity index (χ1n) is 6.46. The molecule has 0 radical (unpaired) electrons. The Kier molecular flexibility index (Phi) is 6.77. The lowest BCUT2D eigenvalue weighted by atomic mass is 10.0. The number of nitrogens with zero attached hydrogens (tertiary/aromatic N) is 1. The number of rotatable bonds is 6. The van der Waals surface area contributed by atoms with Crippen molar-refractivity contribution in [2.45, 2.75) is 19.8 Å².